The molecule has 0 unspecified atom stereocenters. The highest BCUT2D eigenvalue weighted by molar-refractivity contribution is 5.69. The second-order valence-electron chi connectivity index (χ2n) is 5.32. The molecule has 0 bridgehead atoms. The summed E-state index contributed by atoms with van der Waals surface area (Å²) in [7, 11) is 3.00. The Bertz CT molecular complexity index is 682. The molecule has 0 aliphatic carbocycles. The lowest BCUT2D eigenvalue weighted by atomic mass is 10.1. The van der Waals surface area contributed by atoms with Crippen molar-refractivity contribution in [3.05, 3.63) is 41.3 Å². The fourth-order valence-corrected chi connectivity index (χ4v) is 2.32. The molecular weight excluding hydrogens is 299 g/mol. The lowest BCUT2D eigenvalue weighted by molar-refractivity contribution is -0.141. The van der Waals surface area contributed by atoms with Crippen molar-refractivity contribution < 1.29 is 18.7 Å². The average Bonchev–Trinajstić information content (AvgIpc) is 2.93. The number of aromatic nitrogens is 2. The van der Waals surface area contributed by atoms with E-state index in [9.17, 15) is 9.18 Å². The van der Waals surface area contributed by atoms with E-state index in [2.05, 4.69) is 5.10 Å². The van der Waals surface area contributed by atoms with E-state index < -0.39 is 0 Å². The molecule has 124 valence electrons. The highest BCUT2D eigenvalue weighted by Crippen LogP contribution is 2.22. The van der Waals surface area contributed by atoms with Crippen molar-refractivity contribution in [2.24, 2.45) is 0 Å². The minimum absolute atomic E-state index is 0.0546. The highest BCUT2D eigenvalue weighted by atomic mass is 19.1. The van der Waals surface area contributed by atoms with Gasteiger partial charge in [-0.05, 0) is 49.6 Å². The molecule has 2 aromatic rings. The maximum atomic E-state index is 13.4. The van der Waals surface area contributed by atoms with Crippen LogP contribution in [0.3, 0.4) is 0 Å². The lowest BCUT2D eigenvalue weighted by Gasteiger charge is -2.05. The number of carbonyl (C=O) groups excluding carboxylic acids is 1. The number of benzene rings is 1. The van der Waals surface area contributed by atoms with Crippen LogP contribution in [0, 0.1) is 12.7 Å². The first kappa shape index (κ1) is 17.1. The maximum absolute atomic E-state index is 13.4. The van der Waals surface area contributed by atoms with E-state index in [1.54, 1.807) is 30.8 Å². The van der Waals surface area contributed by atoms with Crippen LogP contribution in [0.15, 0.2) is 24.3 Å². The van der Waals surface area contributed by atoms with Crippen LogP contribution in [0.4, 0.5) is 4.39 Å². The molecule has 6 heteroatoms. The topological polar surface area (TPSA) is 53.4 Å². The summed E-state index contributed by atoms with van der Waals surface area (Å²) < 4.78 is 24.8. The monoisotopic (exact) mass is 320 g/mol. The molecule has 0 aliphatic rings. The zero-order chi connectivity index (χ0) is 16.8. The van der Waals surface area contributed by atoms with Gasteiger partial charge in [0.25, 0.3) is 0 Å². The highest BCUT2D eigenvalue weighted by Gasteiger charge is 2.13. The molecule has 0 spiro atoms. The van der Waals surface area contributed by atoms with Gasteiger partial charge in [0.2, 0.25) is 0 Å². The molecule has 1 aromatic carbocycles. The number of ether oxygens (including phenoxy) is 2. The minimum atomic E-state index is -0.358. The molecule has 1 heterocycles. The number of carbonyl (C=O) groups is 1. The number of rotatable bonds is 7. The van der Waals surface area contributed by atoms with Gasteiger partial charge in [0.05, 0.1) is 12.8 Å². The Labute approximate surface area is 135 Å². The van der Waals surface area contributed by atoms with E-state index >= 15 is 0 Å². The van der Waals surface area contributed by atoms with Crippen LogP contribution in [-0.4, -0.2) is 36.6 Å². The molecule has 0 saturated carbocycles. The lowest BCUT2D eigenvalue weighted by Crippen LogP contribution is -2.15. The van der Waals surface area contributed by atoms with Crippen LogP contribution in [0.1, 0.15) is 17.7 Å². The van der Waals surface area contributed by atoms with E-state index in [4.69, 9.17) is 9.47 Å². The second kappa shape index (κ2) is 7.87. The van der Waals surface area contributed by atoms with Crippen LogP contribution in [0.5, 0.6) is 0 Å². The predicted octanol–water partition coefficient (Wildman–Crippen LogP) is 2.75. The van der Waals surface area contributed by atoms with Crippen molar-refractivity contribution >= 4 is 5.97 Å². The van der Waals surface area contributed by atoms with Gasteiger partial charge in [-0.1, -0.05) is 0 Å². The Morgan fingerprint density at radius 1 is 1.30 bits per heavy atom. The standard InChI is InChI=1S/C17H21FN2O3/c1-12-9-13(6-7-15(12)18)16-10-14(5-4-8-22-2)20(19-16)11-17(21)23-3/h6-7,9-10H,4-5,8,11H2,1-3H3. The number of hydrogen-bond donors (Lipinski definition) is 0. The number of esters is 1. The molecule has 0 aliphatic heterocycles. The molecule has 1 aromatic heterocycles. The van der Waals surface area contributed by atoms with Gasteiger partial charge in [-0.3, -0.25) is 9.48 Å². The Morgan fingerprint density at radius 2 is 2.09 bits per heavy atom. The van der Waals surface area contributed by atoms with Gasteiger partial charge in [0.1, 0.15) is 12.4 Å². The smallest absolute Gasteiger partial charge is 0.327 e. The van der Waals surface area contributed by atoms with E-state index in [1.807, 2.05) is 6.07 Å². The molecule has 0 N–H and O–H groups in total. The van der Waals surface area contributed by atoms with Crippen molar-refractivity contribution in [1.29, 1.82) is 0 Å². The molecule has 0 fully saturated rings. The fraction of sp³-hybridized carbons (Fsp3) is 0.412. The van der Waals surface area contributed by atoms with Gasteiger partial charge in [0, 0.05) is 25.0 Å². The molecule has 0 radical (unpaired) electrons. The number of nitrogens with zero attached hydrogens (tertiary/aromatic N) is 2. The second-order valence-corrected chi connectivity index (χ2v) is 5.32. The molecule has 0 amide bonds. The number of halogens is 1. The molecule has 0 atom stereocenters. The van der Waals surface area contributed by atoms with Crippen molar-refractivity contribution in [2.75, 3.05) is 20.8 Å². The Morgan fingerprint density at radius 3 is 2.74 bits per heavy atom. The summed E-state index contributed by atoms with van der Waals surface area (Å²) in [6, 6.07) is 6.78. The van der Waals surface area contributed by atoms with Crippen molar-refractivity contribution in [1.82, 2.24) is 9.78 Å². The first-order valence-corrected chi connectivity index (χ1v) is 7.44. The number of aryl methyl sites for hydroxylation is 2. The van der Waals surface area contributed by atoms with Crippen LogP contribution < -0.4 is 0 Å². The van der Waals surface area contributed by atoms with Gasteiger partial charge >= 0.3 is 5.97 Å². The Kier molecular flexibility index (Phi) is 5.87. The minimum Gasteiger partial charge on any atom is -0.468 e. The third-order valence-electron chi connectivity index (χ3n) is 3.60. The van der Waals surface area contributed by atoms with Gasteiger partial charge in [0.15, 0.2) is 0 Å². The van der Waals surface area contributed by atoms with Crippen LogP contribution in [0.2, 0.25) is 0 Å². The van der Waals surface area contributed by atoms with Crippen LogP contribution in [-0.2, 0) is 27.2 Å². The largest absolute Gasteiger partial charge is 0.468 e. The van der Waals surface area contributed by atoms with Gasteiger partial charge in [-0.2, -0.15) is 5.10 Å². The van der Waals surface area contributed by atoms with Crippen LogP contribution >= 0.6 is 0 Å². The zero-order valence-corrected chi connectivity index (χ0v) is 13.6. The van der Waals surface area contributed by atoms with Crippen molar-refractivity contribution in [3.63, 3.8) is 0 Å². The third kappa shape index (κ3) is 4.39. The summed E-state index contributed by atoms with van der Waals surface area (Å²) in [5, 5.41) is 4.47. The maximum Gasteiger partial charge on any atom is 0.327 e. The van der Waals surface area contributed by atoms with Crippen molar-refractivity contribution in [2.45, 2.75) is 26.3 Å². The van der Waals surface area contributed by atoms with E-state index in [-0.39, 0.29) is 18.3 Å². The summed E-state index contributed by atoms with van der Waals surface area (Å²) in [6.07, 6.45) is 1.56. The SMILES string of the molecule is COCCCc1cc(-c2ccc(F)c(C)c2)nn1CC(=O)OC. The summed E-state index contributed by atoms with van der Waals surface area (Å²) in [5.74, 6) is -0.606. The van der Waals surface area contributed by atoms with E-state index in [0.717, 1.165) is 24.1 Å². The normalized spacial score (nSPS) is 10.8. The molecule has 2 rings (SSSR count). The Hall–Kier alpha value is -2.21. The van der Waals surface area contributed by atoms with Crippen LogP contribution in [0.25, 0.3) is 11.3 Å². The molecule has 23 heavy (non-hydrogen) atoms. The third-order valence-corrected chi connectivity index (χ3v) is 3.60. The fourth-order valence-electron chi connectivity index (χ4n) is 2.32. The molecular formula is C17H21FN2O3. The van der Waals surface area contributed by atoms with Gasteiger partial charge < -0.3 is 9.47 Å². The predicted molar refractivity (Wildman–Crippen MR) is 84.6 cm³/mol. The van der Waals surface area contributed by atoms with E-state index in [1.165, 1.54) is 13.2 Å². The zero-order valence-electron chi connectivity index (χ0n) is 13.6. The quantitative estimate of drug-likeness (QED) is 0.581. The van der Waals surface area contributed by atoms with E-state index in [0.29, 0.717) is 17.9 Å². The van der Waals surface area contributed by atoms with Crippen molar-refractivity contribution in [3.8, 4) is 11.3 Å². The number of hydrogen-bond acceptors (Lipinski definition) is 4. The van der Waals surface area contributed by atoms with Gasteiger partial charge in [-0.25, -0.2) is 4.39 Å². The molecule has 5 nitrogen and oxygen atoms in total. The van der Waals surface area contributed by atoms with Gasteiger partial charge in [-0.15, -0.1) is 0 Å². The first-order valence-electron chi connectivity index (χ1n) is 7.44. The Balaban J connectivity index is 2.30. The summed E-state index contributed by atoms with van der Waals surface area (Å²) in [4.78, 5) is 11.6. The summed E-state index contributed by atoms with van der Waals surface area (Å²) in [6.45, 7) is 2.40. The summed E-state index contributed by atoms with van der Waals surface area (Å²) in [5.41, 5.74) is 3.01. The summed E-state index contributed by atoms with van der Waals surface area (Å²) >= 11 is 0. The number of methoxy groups -OCH3 is 2. The first-order chi connectivity index (χ1) is 11.0. The average molecular weight is 320 g/mol. The molecule has 0 saturated heterocycles.